The first-order valence-electron chi connectivity index (χ1n) is 8.76. The fourth-order valence-corrected chi connectivity index (χ4v) is 4.88. The molecule has 130 valence electrons. The fourth-order valence-electron chi connectivity index (χ4n) is 3.56. The van der Waals surface area contributed by atoms with Crippen molar-refractivity contribution >= 4 is 28.2 Å². The van der Waals surface area contributed by atoms with E-state index in [0.717, 1.165) is 37.7 Å². The summed E-state index contributed by atoms with van der Waals surface area (Å²) in [6.45, 7) is 0. The van der Waals surface area contributed by atoms with Crippen LogP contribution in [-0.2, 0) is 22.4 Å². The second kappa shape index (κ2) is 6.64. The molecule has 1 saturated carbocycles. The molecule has 2 aliphatic rings. The van der Waals surface area contributed by atoms with Gasteiger partial charge in [0, 0.05) is 10.8 Å². The molecule has 25 heavy (non-hydrogen) atoms. The smallest absolute Gasteiger partial charge is 0.341 e. The molecule has 1 aromatic heterocycles. The van der Waals surface area contributed by atoms with Crippen LogP contribution in [0.1, 0.15) is 51.5 Å². The van der Waals surface area contributed by atoms with E-state index >= 15 is 0 Å². The summed E-state index contributed by atoms with van der Waals surface area (Å²) in [5.41, 5.74) is 2.97. The van der Waals surface area contributed by atoms with Crippen LogP contribution in [0.5, 0.6) is 0 Å². The van der Waals surface area contributed by atoms with E-state index in [-0.39, 0.29) is 17.8 Å². The van der Waals surface area contributed by atoms with Crippen molar-refractivity contribution in [3.63, 3.8) is 0 Å². The highest BCUT2D eigenvalue weighted by Gasteiger charge is 2.34. The maximum absolute atomic E-state index is 12.3. The van der Waals surface area contributed by atoms with Crippen molar-refractivity contribution < 1.29 is 14.3 Å². The summed E-state index contributed by atoms with van der Waals surface area (Å²) >= 11 is 1.54. The third-order valence-corrected chi connectivity index (χ3v) is 6.28. The molecule has 1 amide bonds. The molecule has 4 rings (SSSR count). The van der Waals surface area contributed by atoms with Crippen molar-refractivity contribution in [3.05, 3.63) is 51.9 Å². The molecule has 1 fully saturated rings. The molecule has 0 bridgehead atoms. The van der Waals surface area contributed by atoms with Gasteiger partial charge in [0.05, 0.1) is 12.7 Å². The van der Waals surface area contributed by atoms with Crippen LogP contribution >= 0.6 is 11.3 Å². The standard InChI is InChI=1S/C20H21NO3S/c1-24-20(23)17-15-10-9-14(12-5-3-2-4-6-12)11-16(15)25-19(17)21-18(22)13-7-8-13/h2-6,13-14H,7-11H2,1H3,(H,21,22)/t14-/m0/s1. The van der Waals surface area contributed by atoms with Gasteiger partial charge in [-0.15, -0.1) is 11.3 Å². The SMILES string of the molecule is COC(=O)c1c(NC(=O)C2CC2)sc2c1CC[C@H](c1ccccc1)C2. The minimum absolute atomic E-state index is 0.0309. The molecule has 5 heteroatoms. The number of rotatable bonds is 4. The Labute approximate surface area is 151 Å². The van der Waals surface area contributed by atoms with Gasteiger partial charge in [0.25, 0.3) is 0 Å². The molecule has 1 aromatic carbocycles. The predicted molar refractivity (Wildman–Crippen MR) is 98.2 cm³/mol. The first-order valence-corrected chi connectivity index (χ1v) is 9.57. The molecule has 0 saturated heterocycles. The number of esters is 1. The van der Waals surface area contributed by atoms with Crippen LogP contribution in [0.15, 0.2) is 30.3 Å². The highest BCUT2D eigenvalue weighted by Crippen LogP contribution is 2.43. The van der Waals surface area contributed by atoms with Crippen LogP contribution in [0, 0.1) is 5.92 Å². The number of hydrogen-bond donors (Lipinski definition) is 1. The average Bonchev–Trinajstić information content (AvgIpc) is 3.43. The minimum atomic E-state index is -0.346. The van der Waals surface area contributed by atoms with Gasteiger partial charge >= 0.3 is 5.97 Å². The number of anilines is 1. The lowest BCUT2D eigenvalue weighted by atomic mass is 9.83. The Hall–Kier alpha value is -2.14. The number of nitrogens with one attached hydrogen (secondary N) is 1. The van der Waals surface area contributed by atoms with Gasteiger partial charge in [0.2, 0.25) is 5.91 Å². The summed E-state index contributed by atoms with van der Waals surface area (Å²) in [6.07, 6.45) is 4.65. The maximum Gasteiger partial charge on any atom is 0.341 e. The zero-order valence-electron chi connectivity index (χ0n) is 14.2. The van der Waals surface area contributed by atoms with Crippen LogP contribution in [0.4, 0.5) is 5.00 Å². The molecular formula is C20H21NO3S. The number of methoxy groups -OCH3 is 1. The van der Waals surface area contributed by atoms with Gasteiger partial charge in [-0.1, -0.05) is 30.3 Å². The summed E-state index contributed by atoms with van der Waals surface area (Å²) in [6, 6.07) is 10.5. The Kier molecular flexibility index (Phi) is 4.34. The number of benzene rings is 1. The third-order valence-electron chi connectivity index (χ3n) is 5.11. The van der Waals surface area contributed by atoms with Crippen LogP contribution in [-0.4, -0.2) is 19.0 Å². The average molecular weight is 355 g/mol. The topological polar surface area (TPSA) is 55.4 Å². The van der Waals surface area contributed by atoms with Gasteiger partial charge in [-0.3, -0.25) is 4.79 Å². The second-order valence-corrected chi connectivity index (χ2v) is 7.92. The second-order valence-electron chi connectivity index (χ2n) is 6.81. The lowest BCUT2D eigenvalue weighted by molar-refractivity contribution is -0.117. The van der Waals surface area contributed by atoms with E-state index in [1.807, 2.05) is 6.07 Å². The fraction of sp³-hybridized carbons (Fsp3) is 0.400. The van der Waals surface area contributed by atoms with Crippen molar-refractivity contribution in [1.29, 1.82) is 0 Å². The van der Waals surface area contributed by atoms with Crippen molar-refractivity contribution in [1.82, 2.24) is 0 Å². The zero-order valence-corrected chi connectivity index (χ0v) is 15.0. The minimum Gasteiger partial charge on any atom is -0.465 e. The summed E-state index contributed by atoms with van der Waals surface area (Å²) in [5.74, 6) is 0.261. The van der Waals surface area contributed by atoms with Gasteiger partial charge in [-0.05, 0) is 49.1 Å². The van der Waals surface area contributed by atoms with Crippen molar-refractivity contribution in [3.8, 4) is 0 Å². The van der Waals surface area contributed by atoms with Gasteiger partial charge in [0.1, 0.15) is 5.00 Å². The van der Waals surface area contributed by atoms with Crippen LogP contribution in [0.2, 0.25) is 0 Å². The number of thiophene rings is 1. The van der Waals surface area contributed by atoms with E-state index < -0.39 is 0 Å². The lowest BCUT2D eigenvalue weighted by Gasteiger charge is -2.22. The van der Waals surface area contributed by atoms with Gasteiger partial charge < -0.3 is 10.1 Å². The first-order chi connectivity index (χ1) is 12.2. The van der Waals surface area contributed by atoms with E-state index in [1.165, 1.54) is 17.6 Å². The molecular weight excluding hydrogens is 334 g/mol. The molecule has 1 heterocycles. The molecule has 1 atom stereocenters. The molecule has 4 nitrogen and oxygen atoms in total. The molecule has 2 aromatic rings. The molecule has 0 unspecified atom stereocenters. The number of amides is 1. The summed E-state index contributed by atoms with van der Waals surface area (Å²) in [5, 5.41) is 3.65. The Balaban J connectivity index is 1.64. The van der Waals surface area contributed by atoms with Gasteiger partial charge in [-0.2, -0.15) is 0 Å². The Bertz CT molecular complexity index is 808. The van der Waals surface area contributed by atoms with Crippen LogP contribution < -0.4 is 5.32 Å². The van der Waals surface area contributed by atoms with Crippen LogP contribution in [0.3, 0.4) is 0 Å². The lowest BCUT2D eigenvalue weighted by Crippen LogP contribution is -2.17. The summed E-state index contributed by atoms with van der Waals surface area (Å²) in [7, 11) is 1.40. The van der Waals surface area contributed by atoms with Gasteiger partial charge in [0.15, 0.2) is 0 Å². The number of carbonyl (C=O) groups is 2. The number of hydrogen-bond acceptors (Lipinski definition) is 4. The summed E-state index contributed by atoms with van der Waals surface area (Å²) < 4.78 is 4.99. The van der Waals surface area contributed by atoms with E-state index in [1.54, 1.807) is 11.3 Å². The summed E-state index contributed by atoms with van der Waals surface area (Å²) in [4.78, 5) is 25.7. The molecule has 0 spiro atoms. The highest BCUT2D eigenvalue weighted by atomic mass is 32.1. The third kappa shape index (κ3) is 3.21. The maximum atomic E-state index is 12.3. The van der Waals surface area contributed by atoms with E-state index in [2.05, 4.69) is 29.6 Å². The van der Waals surface area contributed by atoms with Crippen molar-refractivity contribution in [2.45, 2.75) is 38.0 Å². The zero-order chi connectivity index (χ0) is 17.4. The molecule has 0 aliphatic heterocycles. The Morgan fingerprint density at radius 1 is 1.16 bits per heavy atom. The highest BCUT2D eigenvalue weighted by molar-refractivity contribution is 7.17. The molecule has 0 radical (unpaired) electrons. The first kappa shape index (κ1) is 16.3. The predicted octanol–water partition coefficient (Wildman–Crippen LogP) is 4.16. The number of fused-ring (bicyclic) bond motifs is 1. The molecule has 2 aliphatic carbocycles. The Morgan fingerprint density at radius 3 is 2.60 bits per heavy atom. The monoisotopic (exact) mass is 355 g/mol. The largest absolute Gasteiger partial charge is 0.465 e. The normalized spacial score (nSPS) is 19.2. The molecule has 1 N–H and O–H groups in total. The van der Waals surface area contributed by atoms with E-state index in [0.29, 0.717) is 16.5 Å². The van der Waals surface area contributed by atoms with E-state index in [4.69, 9.17) is 4.74 Å². The quantitative estimate of drug-likeness (QED) is 0.838. The van der Waals surface area contributed by atoms with Crippen LogP contribution in [0.25, 0.3) is 0 Å². The Morgan fingerprint density at radius 2 is 1.92 bits per heavy atom. The van der Waals surface area contributed by atoms with E-state index in [9.17, 15) is 9.59 Å². The number of ether oxygens (including phenoxy) is 1. The number of carbonyl (C=O) groups excluding carboxylic acids is 2. The van der Waals surface area contributed by atoms with Crippen molar-refractivity contribution in [2.75, 3.05) is 12.4 Å². The van der Waals surface area contributed by atoms with Gasteiger partial charge in [-0.25, -0.2) is 4.79 Å². The van der Waals surface area contributed by atoms with Crippen molar-refractivity contribution in [2.24, 2.45) is 5.92 Å².